The third kappa shape index (κ3) is 3.07. The number of hydrogen-bond donors (Lipinski definition) is 0. The van der Waals surface area contributed by atoms with E-state index in [-0.39, 0.29) is 0 Å². The van der Waals surface area contributed by atoms with Gasteiger partial charge in [0, 0.05) is 12.1 Å². The molecule has 6 heteroatoms. The zero-order valence-electron chi connectivity index (χ0n) is 14.3. The molecule has 0 spiro atoms. The summed E-state index contributed by atoms with van der Waals surface area (Å²) in [5.74, 6) is 2.95. The van der Waals surface area contributed by atoms with E-state index in [1.165, 1.54) is 11.1 Å². The molecule has 0 amide bonds. The van der Waals surface area contributed by atoms with Crippen LogP contribution in [0.5, 0.6) is 11.5 Å². The molecule has 1 aliphatic heterocycles. The summed E-state index contributed by atoms with van der Waals surface area (Å²) in [5, 5.41) is 7.78. The molecule has 0 N–H and O–H groups in total. The van der Waals surface area contributed by atoms with Crippen molar-refractivity contribution in [1.29, 1.82) is 0 Å². The van der Waals surface area contributed by atoms with Crippen LogP contribution in [0.15, 0.2) is 43.1 Å². The van der Waals surface area contributed by atoms with Crippen LogP contribution in [0.25, 0.3) is 5.82 Å². The lowest BCUT2D eigenvalue weighted by Gasteiger charge is -2.27. The monoisotopic (exact) mass is 336 g/mol. The van der Waals surface area contributed by atoms with Crippen molar-refractivity contribution < 1.29 is 9.47 Å². The average Bonchev–Trinajstić information content (AvgIpc) is 3.15. The maximum Gasteiger partial charge on any atom is 0.164 e. The van der Waals surface area contributed by atoms with Crippen LogP contribution in [0.1, 0.15) is 16.7 Å². The van der Waals surface area contributed by atoms with Gasteiger partial charge >= 0.3 is 0 Å². The van der Waals surface area contributed by atoms with Crippen LogP contribution in [-0.2, 0) is 12.8 Å². The molecule has 3 aromatic rings. The van der Waals surface area contributed by atoms with E-state index in [1.807, 2.05) is 22.9 Å². The minimum absolute atomic E-state index is 0.387. The van der Waals surface area contributed by atoms with E-state index in [2.05, 4.69) is 34.2 Å². The molecule has 128 valence electrons. The van der Waals surface area contributed by atoms with Gasteiger partial charge in [-0.3, -0.25) is 4.57 Å². The van der Waals surface area contributed by atoms with Gasteiger partial charge in [0.05, 0.1) is 13.7 Å². The van der Waals surface area contributed by atoms with Gasteiger partial charge in [-0.05, 0) is 42.5 Å². The van der Waals surface area contributed by atoms with Crippen molar-refractivity contribution in [3.63, 3.8) is 0 Å². The summed E-state index contributed by atoms with van der Waals surface area (Å²) in [6, 6.07) is 8.25. The number of rotatable bonds is 4. The molecule has 0 aliphatic carbocycles. The number of aryl methyl sites for hydroxylation is 1. The van der Waals surface area contributed by atoms with E-state index in [1.54, 1.807) is 19.8 Å². The highest BCUT2D eigenvalue weighted by atomic mass is 16.5. The Morgan fingerprint density at radius 1 is 1.28 bits per heavy atom. The van der Waals surface area contributed by atoms with Crippen LogP contribution in [0, 0.1) is 12.8 Å². The first-order valence-corrected chi connectivity index (χ1v) is 8.34. The van der Waals surface area contributed by atoms with Gasteiger partial charge in [0.1, 0.15) is 18.5 Å². The largest absolute Gasteiger partial charge is 0.493 e. The predicted octanol–water partition coefficient (Wildman–Crippen LogP) is 2.77. The highest BCUT2D eigenvalue weighted by Gasteiger charge is 2.24. The number of benzene rings is 1. The van der Waals surface area contributed by atoms with Crippen molar-refractivity contribution in [1.82, 2.24) is 19.7 Å². The quantitative estimate of drug-likeness (QED) is 0.733. The van der Waals surface area contributed by atoms with Gasteiger partial charge in [0.25, 0.3) is 0 Å². The molecular weight excluding hydrogens is 316 g/mol. The fourth-order valence-corrected chi connectivity index (χ4v) is 3.38. The van der Waals surface area contributed by atoms with Crippen LogP contribution in [-0.4, -0.2) is 33.5 Å². The first-order valence-electron chi connectivity index (χ1n) is 8.34. The molecule has 0 radical (unpaired) electrons. The van der Waals surface area contributed by atoms with Gasteiger partial charge in [-0.1, -0.05) is 18.2 Å². The molecule has 2 aromatic heterocycles. The smallest absolute Gasteiger partial charge is 0.164 e. The molecule has 6 nitrogen and oxygen atoms in total. The van der Waals surface area contributed by atoms with E-state index in [9.17, 15) is 0 Å². The molecule has 3 heterocycles. The number of ether oxygens (including phenoxy) is 2. The first-order chi connectivity index (χ1) is 12.2. The molecule has 1 aliphatic rings. The Balaban J connectivity index is 1.60. The summed E-state index contributed by atoms with van der Waals surface area (Å²) >= 11 is 0. The Hall–Kier alpha value is -2.89. The minimum Gasteiger partial charge on any atom is -0.493 e. The van der Waals surface area contributed by atoms with Gasteiger partial charge in [-0.15, -0.1) is 10.2 Å². The summed E-state index contributed by atoms with van der Waals surface area (Å²) in [7, 11) is 1.68. The Labute approximate surface area is 146 Å². The van der Waals surface area contributed by atoms with E-state index in [4.69, 9.17) is 9.47 Å². The van der Waals surface area contributed by atoms with Crippen molar-refractivity contribution in [3.05, 3.63) is 59.8 Å². The lowest BCUT2D eigenvalue weighted by Crippen LogP contribution is -2.24. The lowest BCUT2D eigenvalue weighted by atomic mass is 9.90. The summed E-state index contributed by atoms with van der Waals surface area (Å²) in [5.41, 5.74) is 3.52. The van der Waals surface area contributed by atoms with Crippen molar-refractivity contribution in [2.24, 2.45) is 5.92 Å². The van der Waals surface area contributed by atoms with Crippen LogP contribution in [0.4, 0.5) is 0 Å². The molecule has 0 saturated heterocycles. The number of aromatic nitrogens is 4. The van der Waals surface area contributed by atoms with Gasteiger partial charge in [0.15, 0.2) is 11.5 Å². The first kappa shape index (κ1) is 15.6. The molecule has 1 unspecified atom stereocenters. The maximum absolute atomic E-state index is 6.01. The second-order valence-electron chi connectivity index (χ2n) is 6.40. The van der Waals surface area contributed by atoms with Crippen molar-refractivity contribution in [2.75, 3.05) is 13.7 Å². The third-order valence-electron chi connectivity index (χ3n) is 4.50. The third-order valence-corrected chi connectivity index (χ3v) is 4.50. The van der Waals surface area contributed by atoms with Crippen LogP contribution in [0.2, 0.25) is 0 Å². The molecule has 0 bridgehead atoms. The van der Waals surface area contributed by atoms with Crippen molar-refractivity contribution in [2.45, 2.75) is 19.8 Å². The van der Waals surface area contributed by atoms with Crippen molar-refractivity contribution in [3.8, 4) is 17.3 Å². The molecule has 0 fully saturated rings. The normalized spacial score (nSPS) is 16.2. The molecule has 1 atom stereocenters. The molecule has 4 rings (SSSR count). The SMILES string of the molecule is COc1cccc2c1OCC(Cc1cc(C)cnc1-n1cnnc1)C2. The number of fused-ring (bicyclic) bond motifs is 1. The summed E-state index contributed by atoms with van der Waals surface area (Å²) in [4.78, 5) is 4.58. The summed E-state index contributed by atoms with van der Waals surface area (Å²) in [6.07, 6.45) is 7.08. The Bertz CT molecular complexity index is 877. The fourth-order valence-electron chi connectivity index (χ4n) is 3.38. The zero-order chi connectivity index (χ0) is 17.2. The number of pyridine rings is 1. The molecule has 25 heavy (non-hydrogen) atoms. The Morgan fingerprint density at radius 3 is 2.92 bits per heavy atom. The van der Waals surface area contributed by atoms with Crippen LogP contribution in [0.3, 0.4) is 0 Å². The second-order valence-corrected chi connectivity index (χ2v) is 6.40. The summed E-state index contributed by atoms with van der Waals surface area (Å²) in [6.45, 7) is 2.73. The van der Waals surface area contributed by atoms with Crippen LogP contribution >= 0.6 is 0 Å². The average molecular weight is 336 g/mol. The van der Waals surface area contributed by atoms with Crippen molar-refractivity contribution >= 4 is 0 Å². The number of methoxy groups -OCH3 is 1. The second kappa shape index (κ2) is 6.55. The molecule has 1 aromatic carbocycles. The number of para-hydroxylation sites is 1. The lowest BCUT2D eigenvalue weighted by molar-refractivity contribution is 0.211. The zero-order valence-corrected chi connectivity index (χ0v) is 14.3. The van der Waals surface area contributed by atoms with E-state index >= 15 is 0 Å². The number of hydrogen-bond acceptors (Lipinski definition) is 5. The predicted molar refractivity (Wildman–Crippen MR) is 93.3 cm³/mol. The topological polar surface area (TPSA) is 62.1 Å². The van der Waals surface area contributed by atoms with Crippen LogP contribution < -0.4 is 9.47 Å². The molecular formula is C19H20N4O2. The van der Waals surface area contributed by atoms with Gasteiger partial charge < -0.3 is 9.47 Å². The van der Waals surface area contributed by atoms with E-state index < -0.39 is 0 Å². The minimum atomic E-state index is 0.387. The highest BCUT2D eigenvalue weighted by Crippen LogP contribution is 2.37. The standard InChI is InChI=1S/C19H20N4O2/c1-13-6-16(19(20-9-13)23-11-21-22-12-23)8-14-7-15-4-3-5-17(24-2)18(15)25-10-14/h3-6,9,11-12,14H,7-8,10H2,1-2H3. The fraction of sp³-hybridized carbons (Fsp3) is 0.316. The summed E-state index contributed by atoms with van der Waals surface area (Å²) < 4.78 is 13.3. The molecule has 0 saturated carbocycles. The van der Waals surface area contributed by atoms with Gasteiger partial charge in [0.2, 0.25) is 0 Å². The Morgan fingerprint density at radius 2 is 2.12 bits per heavy atom. The van der Waals surface area contributed by atoms with E-state index in [0.717, 1.165) is 35.7 Å². The number of nitrogens with zero attached hydrogens (tertiary/aromatic N) is 4. The Kier molecular flexibility index (Phi) is 4.09. The van der Waals surface area contributed by atoms with E-state index in [0.29, 0.717) is 12.5 Å². The highest BCUT2D eigenvalue weighted by molar-refractivity contribution is 5.48. The van der Waals surface area contributed by atoms with Gasteiger partial charge in [-0.25, -0.2) is 4.98 Å². The van der Waals surface area contributed by atoms with Gasteiger partial charge in [-0.2, -0.15) is 0 Å². The maximum atomic E-state index is 6.01.